The summed E-state index contributed by atoms with van der Waals surface area (Å²) < 4.78 is 65.5. The van der Waals surface area contributed by atoms with Gasteiger partial charge in [-0.05, 0) is 18.1 Å². The van der Waals surface area contributed by atoms with Crippen LogP contribution in [0.5, 0.6) is 0 Å². The number of thioether (sulfide) groups is 1. The number of rotatable bonds is 7. The smallest absolute Gasteiger partial charge is 0.453 e. The highest BCUT2D eigenvalue weighted by Gasteiger charge is 2.56. The van der Waals surface area contributed by atoms with Gasteiger partial charge in [0.25, 0.3) is 0 Å². The van der Waals surface area contributed by atoms with Crippen LogP contribution in [0.1, 0.15) is 26.7 Å². The van der Waals surface area contributed by atoms with Crippen molar-refractivity contribution < 1.29 is 31.5 Å². The molecule has 0 bridgehead atoms. The molecule has 0 radical (unpaired) electrons. The quantitative estimate of drug-likeness (QED) is 0.405. The summed E-state index contributed by atoms with van der Waals surface area (Å²) >= 11 is 1.04. The molecule has 0 heterocycles. The molecule has 19 heavy (non-hydrogen) atoms. The number of hydrogen-bond donors (Lipinski definition) is 0. The maximum absolute atomic E-state index is 12.6. The van der Waals surface area contributed by atoms with E-state index in [2.05, 4.69) is 4.74 Å². The number of methoxy groups -OCH3 is 1. The van der Waals surface area contributed by atoms with Crippen LogP contribution in [0.25, 0.3) is 0 Å². The van der Waals surface area contributed by atoms with Crippen LogP contribution in [0.2, 0.25) is 0 Å². The summed E-state index contributed by atoms with van der Waals surface area (Å²) in [6.45, 7) is 3.50. The van der Waals surface area contributed by atoms with Crippen molar-refractivity contribution in [3.05, 3.63) is 0 Å². The fourth-order valence-corrected chi connectivity index (χ4v) is 2.48. The number of carbonyl (C=O) groups is 1. The highest BCUT2D eigenvalue weighted by atomic mass is 32.2. The Balaban J connectivity index is 4.19. The second-order valence-corrected chi connectivity index (χ2v) is 5.61. The van der Waals surface area contributed by atoms with Gasteiger partial charge in [0.05, 0.1) is 7.11 Å². The number of carbonyl (C=O) groups excluding carboxylic acids is 1. The normalized spacial score (nSPS) is 14.6. The van der Waals surface area contributed by atoms with Crippen molar-refractivity contribution in [2.75, 3.05) is 12.9 Å². The predicted molar refractivity (Wildman–Crippen MR) is 63.3 cm³/mol. The van der Waals surface area contributed by atoms with E-state index in [0.29, 0.717) is 0 Å². The Morgan fingerprint density at radius 1 is 1.21 bits per heavy atom. The van der Waals surface area contributed by atoms with E-state index in [0.717, 1.165) is 11.8 Å². The molecule has 0 aromatic rings. The van der Waals surface area contributed by atoms with Crippen molar-refractivity contribution in [2.24, 2.45) is 5.92 Å². The summed E-state index contributed by atoms with van der Waals surface area (Å²) in [6, 6.07) is 0. The Kier molecular flexibility index (Phi) is 7.10. The second kappa shape index (κ2) is 7.31. The van der Waals surface area contributed by atoms with Gasteiger partial charge in [-0.2, -0.15) is 22.0 Å². The van der Waals surface area contributed by atoms with Gasteiger partial charge in [0.15, 0.2) is 0 Å². The van der Waals surface area contributed by atoms with Gasteiger partial charge in [-0.15, -0.1) is 11.8 Å². The van der Waals surface area contributed by atoms with Crippen molar-refractivity contribution in [3.8, 4) is 0 Å². The highest BCUT2D eigenvalue weighted by molar-refractivity contribution is 8.00. The van der Waals surface area contributed by atoms with Gasteiger partial charge in [0.2, 0.25) is 0 Å². The average Bonchev–Trinajstić information content (AvgIpc) is 2.25. The molecule has 1 unspecified atom stereocenters. The lowest BCUT2D eigenvalue weighted by atomic mass is 10.1. The van der Waals surface area contributed by atoms with Gasteiger partial charge in [0.1, 0.15) is 5.25 Å². The van der Waals surface area contributed by atoms with Crippen molar-refractivity contribution in [3.63, 3.8) is 0 Å². The molecule has 0 aliphatic heterocycles. The number of halogens is 5. The van der Waals surface area contributed by atoms with Gasteiger partial charge in [-0.25, -0.2) is 0 Å². The minimum Gasteiger partial charge on any atom is -0.468 e. The third kappa shape index (κ3) is 5.97. The molecule has 0 aliphatic rings. The van der Waals surface area contributed by atoms with Gasteiger partial charge in [0, 0.05) is 6.42 Å². The SMILES string of the molecule is COC(=O)C(SCCCC(F)(F)C(F)(F)F)C(C)C. The van der Waals surface area contributed by atoms with Gasteiger partial charge < -0.3 is 4.74 Å². The average molecular weight is 308 g/mol. The van der Waals surface area contributed by atoms with E-state index in [1.165, 1.54) is 7.11 Å². The first-order valence-corrected chi connectivity index (χ1v) is 6.71. The van der Waals surface area contributed by atoms with Crippen LogP contribution >= 0.6 is 11.8 Å². The maximum atomic E-state index is 12.6. The summed E-state index contributed by atoms with van der Waals surface area (Å²) in [5.74, 6) is -5.21. The molecule has 2 nitrogen and oxygen atoms in total. The minimum atomic E-state index is -5.52. The van der Waals surface area contributed by atoms with Gasteiger partial charge >= 0.3 is 18.1 Å². The van der Waals surface area contributed by atoms with Crippen LogP contribution in [0.4, 0.5) is 22.0 Å². The first-order valence-electron chi connectivity index (χ1n) is 5.67. The summed E-state index contributed by atoms with van der Waals surface area (Å²) in [6.07, 6.45) is -7.11. The standard InChI is InChI=1S/C11H17F5O2S/c1-7(2)8(9(17)18-3)19-6-4-5-10(12,13)11(14,15)16/h7-8H,4-6H2,1-3H3. The third-order valence-electron chi connectivity index (χ3n) is 2.39. The predicted octanol–water partition coefficient (Wildman–Crippen LogP) is 3.90. The fourth-order valence-electron chi connectivity index (χ4n) is 1.30. The van der Waals surface area contributed by atoms with Crippen molar-refractivity contribution in [1.82, 2.24) is 0 Å². The maximum Gasteiger partial charge on any atom is 0.453 e. The largest absolute Gasteiger partial charge is 0.468 e. The third-order valence-corrected chi connectivity index (χ3v) is 4.01. The van der Waals surface area contributed by atoms with Crippen molar-refractivity contribution >= 4 is 17.7 Å². The molecule has 0 aliphatic carbocycles. The molecule has 0 fully saturated rings. The summed E-state index contributed by atoms with van der Waals surface area (Å²) in [7, 11) is 1.20. The first-order chi connectivity index (χ1) is 8.53. The molecule has 0 amide bonds. The van der Waals surface area contributed by atoms with Crippen LogP contribution in [-0.4, -0.2) is 36.2 Å². The Labute approximate surface area is 113 Å². The van der Waals surface area contributed by atoms with Crippen LogP contribution in [0, 0.1) is 5.92 Å². The van der Waals surface area contributed by atoms with E-state index in [1.54, 1.807) is 13.8 Å². The molecule has 0 saturated carbocycles. The Morgan fingerprint density at radius 2 is 1.74 bits per heavy atom. The van der Waals surface area contributed by atoms with E-state index in [-0.39, 0.29) is 18.1 Å². The Hall–Kier alpha value is -0.530. The lowest BCUT2D eigenvalue weighted by Crippen LogP contribution is -2.36. The molecule has 0 rings (SSSR count). The monoisotopic (exact) mass is 308 g/mol. The van der Waals surface area contributed by atoms with E-state index in [9.17, 15) is 26.7 Å². The number of alkyl halides is 5. The van der Waals surface area contributed by atoms with Crippen molar-refractivity contribution in [1.29, 1.82) is 0 Å². The number of ether oxygens (including phenoxy) is 1. The van der Waals surface area contributed by atoms with E-state index in [4.69, 9.17) is 0 Å². The van der Waals surface area contributed by atoms with Crippen LogP contribution in [0.3, 0.4) is 0 Å². The second-order valence-electron chi connectivity index (χ2n) is 4.36. The van der Waals surface area contributed by atoms with Crippen molar-refractivity contribution in [2.45, 2.75) is 44.0 Å². The van der Waals surface area contributed by atoms with E-state index < -0.39 is 29.7 Å². The summed E-state index contributed by atoms with van der Waals surface area (Å²) in [4.78, 5) is 11.3. The fraction of sp³-hybridized carbons (Fsp3) is 0.909. The Bertz CT molecular complexity index is 291. The molecule has 8 heteroatoms. The zero-order valence-electron chi connectivity index (χ0n) is 10.9. The van der Waals surface area contributed by atoms with E-state index in [1.807, 2.05) is 0 Å². The van der Waals surface area contributed by atoms with Crippen LogP contribution in [0.15, 0.2) is 0 Å². The molecule has 0 spiro atoms. The molecule has 0 aromatic heterocycles. The van der Waals surface area contributed by atoms with Crippen LogP contribution < -0.4 is 0 Å². The highest BCUT2D eigenvalue weighted by Crippen LogP contribution is 2.39. The van der Waals surface area contributed by atoms with Gasteiger partial charge in [-0.3, -0.25) is 4.79 Å². The topological polar surface area (TPSA) is 26.3 Å². The first kappa shape index (κ1) is 18.5. The molecule has 0 N–H and O–H groups in total. The zero-order chi connectivity index (χ0) is 15.3. The van der Waals surface area contributed by atoms with Crippen LogP contribution in [-0.2, 0) is 9.53 Å². The molecular weight excluding hydrogens is 291 g/mol. The zero-order valence-corrected chi connectivity index (χ0v) is 11.7. The lowest BCUT2D eigenvalue weighted by Gasteiger charge is -2.20. The summed E-state index contributed by atoms with van der Waals surface area (Å²) in [5, 5.41) is -0.551. The molecule has 1 atom stereocenters. The molecule has 0 saturated heterocycles. The van der Waals surface area contributed by atoms with Gasteiger partial charge in [-0.1, -0.05) is 13.8 Å². The molecule has 114 valence electrons. The number of hydrogen-bond acceptors (Lipinski definition) is 3. The summed E-state index contributed by atoms with van der Waals surface area (Å²) in [5.41, 5.74) is 0. The molecule has 0 aromatic carbocycles. The molecular formula is C11H17F5O2S. The van der Waals surface area contributed by atoms with E-state index >= 15 is 0 Å². The number of esters is 1. The Morgan fingerprint density at radius 3 is 2.11 bits per heavy atom. The lowest BCUT2D eigenvalue weighted by molar-refractivity contribution is -0.284. The minimum absolute atomic E-state index is 0.0453.